The largest absolute Gasteiger partial charge is 0.367 e. The van der Waals surface area contributed by atoms with E-state index in [4.69, 9.17) is 5.73 Å². The topological polar surface area (TPSA) is 77.0 Å². The number of amides is 1. The second-order valence-corrected chi connectivity index (χ2v) is 6.67. The van der Waals surface area contributed by atoms with Gasteiger partial charge in [0.2, 0.25) is 11.9 Å². The number of hydrogen-bond donors (Lipinski definition) is 1. The monoisotopic (exact) mass is 279 g/mol. The molecule has 1 unspecified atom stereocenters. The lowest BCUT2D eigenvalue weighted by Crippen LogP contribution is -2.35. The van der Waals surface area contributed by atoms with Gasteiger partial charge in [-0.1, -0.05) is 20.8 Å². The smallest absolute Gasteiger partial charge is 0.244 e. The zero-order valence-electron chi connectivity index (χ0n) is 12.7. The maximum Gasteiger partial charge on any atom is 0.244 e. The van der Waals surface area contributed by atoms with Crippen molar-refractivity contribution in [2.75, 3.05) is 18.8 Å². The summed E-state index contributed by atoms with van der Waals surface area (Å²) in [5.41, 5.74) is 5.77. The Hall–Kier alpha value is -1.59. The number of carbonyl (C=O) groups excluding carboxylic acids is 1. The molecule has 0 saturated carbocycles. The predicted molar refractivity (Wildman–Crippen MR) is 77.8 cm³/mol. The Balaban J connectivity index is 1.91. The summed E-state index contributed by atoms with van der Waals surface area (Å²) in [7, 11) is 0. The van der Waals surface area contributed by atoms with Gasteiger partial charge in [-0.05, 0) is 30.6 Å². The van der Waals surface area contributed by atoms with E-state index in [-0.39, 0.29) is 18.4 Å². The average Bonchev–Trinajstić information content (AvgIpc) is 2.64. The van der Waals surface area contributed by atoms with E-state index in [1.165, 1.54) is 17.4 Å². The lowest BCUT2D eigenvalue weighted by molar-refractivity contribution is -0.132. The first-order valence-corrected chi connectivity index (χ1v) is 7.29. The number of rotatable bonds is 2. The fraction of sp³-hybridized carbons (Fsp3) is 0.786. The van der Waals surface area contributed by atoms with E-state index in [2.05, 4.69) is 30.9 Å². The number of nitrogen functional groups attached to an aromatic ring is 1. The second-order valence-electron chi connectivity index (χ2n) is 6.67. The van der Waals surface area contributed by atoms with Gasteiger partial charge in [0.1, 0.15) is 12.9 Å². The normalized spacial score (nSPS) is 20.8. The van der Waals surface area contributed by atoms with Crippen LogP contribution in [0.3, 0.4) is 0 Å². The molecule has 1 amide bonds. The van der Waals surface area contributed by atoms with E-state index in [9.17, 15) is 4.79 Å². The molecule has 2 heterocycles. The van der Waals surface area contributed by atoms with Crippen LogP contribution >= 0.6 is 0 Å². The average molecular weight is 279 g/mol. The molecule has 6 nitrogen and oxygen atoms in total. The van der Waals surface area contributed by atoms with Crippen LogP contribution in [0.1, 0.15) is 40.0 Å². The summed E-state index contributed by atoms with van der Waals surface area (Å²) in [4.78, 5) is 18.1. The molecule has 1 aromatic heterocycles. The van der Waals surface area contributed by atoms with Crippen molar-refractivity contribution < 1.29 is 4.79 Å². The van der Waals surface area contributed by atoms with E-state index in [0.29, 0.717) is 11.3 Å². The lowest BCUT2D eigenvalue weighted by Gasteiger charge is -2.29. The van der Waals surface area contributed by atoms with E-state index in [0.717, 1.165) is 25.9 Å². The van der Waals surface area contributed by atoms with Crippen LogP contribution in [0.5, 0.6) is 0 Å². The number of likely N-dealkylation sites (tertiary alicyclic amines) is 1. The third kappa shape index (κ3) is 3.71. The van der Waals surface area contributed by atoms with Gasteiger partial charge in [0.05, 0.1) is 0 Å². The maximum absolute atomic E-state index is 12.3. The van der Waals surface area contributed by atoms with Gasteiger partial charge in [-0.15, -0.1) is 5.10 Å². The summed E-state index contributed by atoms with van der Waals surface area (Å²) in [6.07, 6.45) is 4.86. The first-order valence-electron chi connectivity index (χ1n) is 7.29. The van der Waals surface area contributed by atoms with Crippen molar-refractivity contribution in [3.05, 3.63) is 6.33 Å². The SMILES string of the molecule is CC(C)(C)C1CCCN(C(=O)Cn2cnc(N)n2)CC1. The zero-order valence-corrected chi connectivity index (χ0v) is 12.7. The highest BCUT2D eigenvalue weighted by Crippen LogP contribution is 2.34. The molecule has 1 fully saturated rings. The molecule has 0 aliphatic carbocycles. The van der Waals surface area contributed by atoms with Gasteiger partial charge in [0.15, 0.2) is 0 Å². The molecule has 1 aromatic rings. The van der Waals surface area contributed by atoms with Crippen molar-refractivity contribution in [1.29, 1.82) is 0 Å². The van der Waals surface area contributed by atoms with Gasteiger partial charge >= 0.3 is 0 Å². The first kappa shape index (κ1) is 14.8. The highest BCUT2D eigenvalue weighted by molar-refractivity contribution is 5.75. The minimum absolute atomic E-state index is 0.101. The van der Waals surface area contributed by atoms with Gasteiger partial charge < -0.3 is 10.6 Å². The van der Waals surface area contributed by atoms with Crippen molar-refractivity contribution in [2.45, 2.75) is 46.6 Å². The number of carbonyl (C=O) groups is 1. The molecule has 2 N–H and O–H groups in total. The van der Waals surface area contributed by atoms with Gasteiger partial charge in [-0.25, -0.2) is 9.67 Å². The lowest BCUT2D eigenvalue weighted by atomic mass is 9.77. The van der Waals surface area contributed by atoms with Crippen LogP contribution in [0.25, 0.3) is 0 Å². The first-order chi connectivity index (χ1) is 9.36. The number of aromatic nitrogens is 3. The summed E-state index contributed by atoms with van der Waals surface area (Å²) in [5, 5.41) is 3.96. The van der Waals surface area contributed by atoms with E-state index in [1.54, 1.807) is 0 Å². The van der Waals surface area contributed by atoms with Crippen LogP contribution in [0.4, 0.5) is 5.95 Å². The minimum Gasteiger partial charge on any atom is -0.367 e. The number of anilines is 1. The molecule has 0 radical (unpaired) electrons. The highest BCUT2D eigenvalue weighted by atomic mass is 16.2. The van der Waals surface area contributed by atoms with E-state index in [1.807, 2.05) is 4.90 Å². The molecule has 2 rings (SSSR count). The summed E-state index contributed by atoms with van der Waals surface area (Å²) in [5.74, 6) is 0.994. The van der Waals surface area contributed by atoms with Crippen molar-refractivity contribution in [3.63, 3.8) is 0 Å². The third-order valence-electron chi connectivity index (χ3n) is 4.16. The van der Waals surface area contributed by atoms with Crippen LogP contribution in [0.2, 0.25) is 0 Å². The second kappa shape index (κ2) is 5.81. The molecule has 1 saturated heterocycles. The molecule has 6 heteroatoms. The van der Waals surface area contributed by atoms with E-state index < -0.39 is 0 Å². The number of nitrogens with two attached hydrogens (primary N) is 1. The molecular formula is C14H25N5O. The van der Waals surface area contributed by atoms with Gasteiger partial charge in [-0.3, -0.25) is 4.79 Å². The Morgan fingerprint density at radius 2 is 2.15 bits per heavy atom. The van der Waals surface area contributed by atoms with Crippen molar-refractivity contribution in [1.82, 2.24) is 19.7 Å². The third-order valence-corrected chi connectivity index (χ3v) is 4.16. The Kier molecular flexibility index (Phi) is 4.30. The zero-order chi connectivity index (χ0) is 14.8. The Morgan fingerprint density at radius 1 is 1.40 bits per heavy atom. The van der Waals surface area contributed by atoms with Crippen LogP contribution in [-0.2, 0) is 11.3 Å². The van der Waals surface area contributed by atoms with Crippen molar-refractivity contribution in [2.24, 2.45) is 11.3 Å². The fourth-order valence-corrected chi connectivity index (χ4v) is 2.84. The summed E-state index contributed by atoms with van der Waals surface area (Å²) >= 11 is 0. The number of hydrogen-bond acceptors (Lipinski definition) is 4. The molecule has 112 valence electrons. The summed E-state index contributed by atoms with van der Waals surface area (Å²) in [6.45, 7) is 8.76. The van der Waals surface area contributed by atoms with Crippen molar-refractivity contribution in [3.8, 4) is 0 Å². The molecule has 20 heavy (non-hydrogen) atoms. The Bertz CT molecular complexity index is 462. The standard InChI is InChI=1S/C14H25N5O/c1-14(2,3)11-5-4-7-18(8-6-11)12(20)9-19-10-16-13(15)17-19/h10-11H,4-9H2,1-3H3,(H2,15,17). The van der Waals surface area contributed by atoms with Gasteiger partial charge in [0.25, 0.3) is 0 Å². The maximum atomic E-state index is 12.3. The molecule has 0 bridgehead atoms. The highest BCUT2D eigenvalue weighted by Gasteiger charge is 2.28. The quantitative estimate of drug-likeness (QED) is 0.890. The van der Waals surface area contributed by atoms with Crippen molar-refractivity contribution >= 4 is 11.9 Å². The Morgan fingerprint density at radius 3 is 2.75 bits per heavy atom. The van der Waals surface area contributed by atoms with Gasteiger partial charge in [-0.2, -0.15) is 0 Å². The summed E-state index contributed by atoms with van der Waals surface area (Å²) in [6, 6.07) is 0. The number of nitrogens with zero attached hydrogens (tertiary/aromatic N) is 4. The fourth-order valence-electron chi connectivity index (χ4n) is 2.84. The molecule has 1 aliphatic heterocycles. The van der Waals surface area contributed by atoms with Crippen LogP contribution in [0.15, 0.2) is 6.33 Å². The Labute approximate surface area is 120 Å². The minimum atomic E-state index is 0.101. The molecule has 1 atom stereocenters. The van der Waals surface area contributed by atoms with Crippen LogP contribution in [-0.4, -0.2) is 38.7 Å². The molecule has 1 aliphatic rings. The van der Waals surface area contributed by atoms with Crippen LogP contribution < -0.4 is 5.73 Å². The summed E-state index contributed by atoms with van der Waals surface area (Å²) < 4.78 is 1.50. The predicted octanol–water partition coefficient (Wildman–Crippen LogP) is 1.54. The van der Waals surface area contributed by atoms with Crippen LogP contribution in [0, 0.1) is 11.3 Å². The van der Waals surface area contributed by atoms with Gasteiger partial charge in [0, 0.05) is 13.1 Å². The molecular weight excluding hydrogens is 254 g/mol. The van der Waals surface area contributed by atoms with E-state index >= 15 is 0 Å². The molecule has 0 aromatic carbocycles. The molecule has 0 spiro atoms.